The summed E-state index contributed by atoms with van der Waals surface area (Å²) < 4.78 is 0. The molecule has 3 N–H and O–H groups in total. The maximum atomic E-state index is 11.6. The minimum absolute atomic E-state index is 0.0279. The molecule has 20 heavy (non-hydrogen) atoms. The summed E-state index contributed by atoms with van der Waals surface area (Å²) in [6.45, 7) is 4.79. The summed E-state index contributed by atoms with van der Waals surface area (Å²) >= 11 is 0. The lowest BCUT2D eigenvalue weighted by molar-refractivity contribution is -0.137. The lowest BCUT2D eigenvalue weighted by Crippen LogP contribution is -2.47. The molecule has 0 aromatic heterocycles. The molecule has 0 spiro atoms. The molecule has 0 aromatic rings. The molecule has 1 aliphatic heterocycles. The number of likely N-dealkylation sites (tertiary alicyclic amines) is 1. The molecule has 3 amide bonds. The van der Waals surface area contributed by atoms with Crippen LogP contribution in [0.5, 0.6) is 0 Å². The van der Waals surface area contributed by atoms with E-state index < -0.39 is 17.9 Å². The first kappa shape index (κ1) is 16.4. The second-order valence-corrected chi connectivity index (χ2v) is 5.18. The highest BCUT2D eigenvalue weighted by atomic mass is 16.4. The number of hydrogen-bond acceptors (Lipinski definition) is 4. The third kappa shape index (κ3) is 7.08. The molecule has 114 valence electrons. The Balaban J connectivity index is 2.14. The Kier molecular flexibility index (Phi) is 7.00. The Labute approximate surface area is 118 Å². The summed E-state index contributed by atoms with van der Waals surface area (Å²) in [4.78, 5) is 35.5. The number of carbonyl (C=O) groups excluding carboxylic acids is 2. The summed E-state index contributed by atoms with van der Waals surface area (Å²) in [7, 11) is 0. The average Bonchev–Trinajstić information content (AvgIpc) is 2.80. The van der Waals surface area contributed by atoms with Gasteiger partial charge in [0, 0.05) is 25.4 Å². The number of aliphatic carboxylic acids is 1. The molecule has 0 aromatic carbocycles. The third-order valence-corrected chi connectivity index (χ3v) is 3.16. The number of nitrogens with one attached hydrogen (secondary N) is 2. The molecule has 1 atom stereocenters. The molecule has 1 fully saturated rings. The largest absolute Gasteiger partial charge is 0.481 e. The molecule has 0 bridgehead atoms. The van der Waals surface area contributed by atoms with Crippen LogP contribution in [0.1, 0.15) is 39.0 Å². The number of hydrogen-bond donors (Lipinski definition) is 3. The molecule has 1 saturated heterocycles. The van der Waals surface area contributed by atoms with Gasteiger partial charge < -0.3 is 15.3 Å². The van der Waals surface area contributed by atoms with Crippen LogP contribution in [0.4, 0.5) is 4.79 Å². The van der Waals surface area contributed by atoms with Crippen LogP contribution < -0.4 is 10.6 Å². The predicted octanol–water partition coefficient (Wildman–Crippen LogP) is 0.551. The minimum atomic E-state index is -0.943. The van der Waals surface area contributed by atoms with Crippen molar-refractivity contribution < 1.29 is 19.5 Å². The van der Waals surface area contributed by atoms with Crippen molar-refractivity contribution in [1.29, 1.82) is 0 Å². The van der Waals surface area contributed by atoms with Crippen molar-refractivity contribution in [2.75, 3.05) is 19.6 Å². The second-order valence-electron chi connectivity index (χ2n) is 5.18. The van der Waals surface area contributed by atoms with E-state index in [4.69, 9.17) is 5.11 Å². The number of carboxylic acid groups (broad SMARTS) is 1. The van der Waals surface area contributed by atoms with Gasteiger partial charge in [-0.1, -0.05) is 0 Å². The Hall–Kier alpha value is -1.63. The van der Waals surface area contributed by atoms with Gasteiger partial charge in [-0.25, -0.2) is 4.79 Å². The van der Waals surface area contributed by atoms with Crippen molar-refractivity contribution in [2.24, 2.45) is 0 Å². The van der Waals surface area contributed by atoms with Crippen LogP contribution in [0.15, 0.2) is 0 Å². The summed E-state index contributed by atoms with van der Waals surface area (Å²) in [5.74, 6) is -1.39. The number of urea groups is 1. The van der Waals surface area contributed by atoms with Gasteiger partial charge >= 0.3 is 12.0 Å². The van der Waals surface area contributed by atoms with E-state index in [0.717, 1.165) is 19.6 Å². The van der Waals surface area contributed by atoms with E-state index in [9.17, 15) is 14.4 Å². The average molecular weight is 285 g/mol. The predicted molar refractivity (Wildman–Crippen MR) is 73.3 cm³/mol. The van der Waals surface area contributed by atoms with Crippen molar-refractivity contribution in [1.82, 2.24) is 15.5 Å². The van der Waals surface area contributed by atoms with Gasteiger partial charge in [0.05, 0.1) is 0 Å². The molecule has 1 rings (SSSR count). The van der Waals surface area contributed by atoms with Crippen LogP contribution in [-0.4, -0.2) is 53.6 Å². The molecular formula is C13H23N3O4. The molecule has 0 saturated carbocycles. The molecule has 1 heterocycles. The lowest BCUT2D eigenvalue weighted by Gasteiger charge is -2.21. The van der Waals surface area contributed by atoms with Crippen molar-refractivity contribution in [3.8, 4) is 0 Å². The first-order chi connectivity index (χ1) is 9.47. The Morgan fingerprint density at radius 3 is 2.45 bits per heavy atom. The SMILES string of the molecule is CC(CN1CCCC1)NC(=O)NC(=O)CCCC(=O)O. The van der Waals surface area contributed by atoms with Crippen molar-refractivity contribution in [3.63, 3.8) is 0 Å². The fraction of sp³-hybridized carbons (Fsp3) is 0.769. The highest BCUT2D eigenvalue weighted by Crippen LogP contribution is 2.07. The Morgan fingerprint density at radius 2 is 1.85 bits per heavy atom. The van der Waals surface area contributed by atoms with Crippen LogP contribution in [0.2, 0.25) is 0 Å². The number of nitrogens with zero attached hydrogens (tertiary/aromatic N) is 1. The number of rotatable bonds is 7. The van der Waals surface area contributed by atoms with E-state index in [1.54, 1.807) is 0 Å². The standard InChI is InChI=1S/C13H23N3O4/c1-10(9-16-7-2-3-8-16)14-13(20)15-11(17)5-4-6-12(18)19/h10H,2-9H2,1H3,(H,18,19)(H2,14,15,17,20). The summed E-state index contributed by atoms with van der Waals surface area (Å²) in [5.41, 5.74) is 0. The third-order valence-electron chi connectivity index (χ3n) is 3.16. The summed E-state index contributed by atoms with van der Waals surface area (Å²) in [5, 5.41) is 13.4. The molecule has 7 nitrogen and oxygen atoms in total. The molecule has 7 heteroatoms. The number of carbonyl (C=O) groups is 3. The van der Waals surface area contributed by atoms with Gasteiger partial charge in [-0.3, -0.25) is 14.9 Å². The zero-order chi connectivity index (χ0) is 15.0. The molecular weight excluding hydrogens is 262 g/mol. The summed E-state index contributed by atoms with van der Waals surface area (Å²) in [6, 6.07) is -0.544. The van der Waals surface area contributed by atoms with Gasteiger partial charge in [0.2, 0.25) is 5.91 Å². The number of imide groups is 1. The fourth-order valence-electron chi connectivity index (χ4n) is 2.25. The lowest BCUT2D eigenvalue weighted by atomic mass is 10.2. The molecule has 1 unspecified atom stereocenters. The fourth-order valence-corrected chi connectivity index (χ4v) is 2.25. The maximum Gasteiger partial charge on any atom is 0.321 e. The van der Waals surface area contributed by atoms with Gasteiger partial charge in [-0.05, 0) is 39.3 Å². The minimum Gasteiger partial charge on any atom is -0.481 e. The van der Waals surface area contributed by atoms with Crippen LogP contribution in [-0.2, 0) is 9.59 Å². The molecule has 0 aliphatic carbocycles. The van der Waals surface area contributed by atoms with Gasteiger partial charge in [0.1, 0.15) is 0 Å². The number of amides is 3. The van der Waals surface area contributed by atoms with Crippen molar-refractivity contribution in [2.45, 2.75) is 45.1 Å². The normalized spacial score (nSPS) is 16.6. The zero-order valence-corrected chi connectivity index (χ0v) is 11.9. The smallest absolute Gasteiger partial charge is 0.321 e. The van der Waals surface area contributed by atoms with Gasteiger partial charge in [0.25, 0.3) is 0 Å². The highest BCUT2D eigenvalue weighted by molar-refractivity contribution is 5.94. The van der Waals surface area contributed by atoms with Crippen LogP contribution >= 0.6 is 0 Å². The molecule has 0 radical (unpaired) electrons. The first-order valence-corrected chi connectivity index (χ1v) is 7.02. The Morgan fingerprint density at radius 1 is 1.20 bits per heavy atom. The number of carboxylic acids is 1. The van der Waals surface area contributed by atoms with Crippen LogP contribution in [0, 0.1) is 0 Å². The van der Waals surface area contributed by atoms with Gasteiger partial charge in [-0.2, -0.15) is 0 Å². The van der Waals surface area contributed by atoms with E-state index in [1.807, 2.05) is 6.92 Å². The van der Waals surface area contributed by atoms with E-state index in [-0.39, 0.29) is 25.3 Å². The van der Waals surface area contributed by atoms with E-state index in [0.29, 0.717) is 0 Å². The quantitative estimate of drug-likeness (QED) is 0.634. The Bertz CT molecular complexity index is 354. The van der Waals surface area contributed by atoms with E-state index in [2.05, 4.69) is 15.5 Å². The summed E-state index contributed by atoms with van der Waals surface area (Å²) in [6.07, 6.45) is 2.60. The van der Waals surface area contributed by atoms with Crippen molar-refractivity contribution in [3.05, 3.63) is 0 Å². The van der Waals surface area contributed by atoms with Crippen molar-refractivity contribution >= 4 is 17.9 Å². The van der Waals surface area contributed by atoms with Crippen LogP contribution in [0.3, 0.4) is 0 Å². The monoisotopic (exact) mass is 285 g/mol. The molecule has 1 aliphatic rings. The highest BCUT2D eigenvalue weighted by Gasteiger charge is 2.16. The van der Waals surface area contributed by atoms with Gasteiger partial charge in [-0.15, -0.1) is 0 Å². The maximum absolute atomic E-state index is 11.6. The van der Waals surface area contributed by atoms with Gasteiger partial charge in [0.15, 0.2) is 0 Å². The second kappa shape index (κ2) is 8.52. The van der Waals surface area contributed by atoms with Crippen LogP contribution in [0.25, 0.3) is 0 Å². The zero-order valence-electron chi connectivity index (χ0n) is 11.9. The van der Waals surface area contributed by atoms with E-state index >= 15 is 0 Å². The topological polar surface area (TPSA) is 98.7 Å². The first-order valence-electron chi connectivity index (χ1n) is 7.02. The van der Waals surface area contributed by atoms with E-state index in [1.165, 1.54) is 12.8 Å².